The molecule has 1 aliphatic heterocycles. The van der Waals surface area contributed by atoms with Crippen molar-refractivity contribution in [2.24, 2.45) is 0 Å². The molecule has 2 aromatic heterocycles. The molecule has 0 N–H and O–H groups in total. The van der Waals surface area contributed by atoms with Crippen LogP contribution in [0.25, 0.3) is 0 Å². The molecule has 1 aliphatic rings. The van der Waals surface area contributed by atoms with E-state index in [9.17, 15) is 9.59 Å². The molecule has 24 heavy (non-hydrogen) atoms. The highest BCUT2D eigenvalue weighted by atomic mass is 16.5. The molecule has 7 nitrogen and oxygen atoms in total. The summed E-state index contributed by atoms with van der Waals surface area (Å²) in [6, 6.07) is 3.25. The van der Waals surface area contributed by atoms with Crippen molar-refractivity contribution >= 4 is 5.91 Å². The number of amides is 1. The predicted molar refractivity (Wildman–Crippen MR) is 86.9 cm³/mol. The number of hydrogen-bond donors (Lipinski definition) is 0. The average Bonchev–Trinajstić information content (AvgIpc) is 3.16. The van der Waals surface area contributed by atoms with Gasteiger partial charge in [0, 0.05) is 18.3 Å². The molecule has 0 saturated carbocycles. The van der Waals surface area contributed by atoms with Gasteiger partial charge in [-0.2, -0.15) is 0 Å². The molecule has 1 fully saturated rings. The molecule has 7 heteroatoms. The molecular weight excluding hydrogens is 310 g/mol. The number of rotatable bonds is 4. The summed E-state index contributed by atoms with van der Waals surface area (Å²) in [7, 11) is 1.44. The smallest absolute Gasteiger partial charge is 0.293 e. The van der Waals surface area contributed by atoms with Crippen molar-refractivity contribution in [3.05, 3.63) is 45.7 Å². The summed E-state index contributed by atoms with van der Waals surface area (Å²) >= 11 is 0. The van der Waals surface area contributed by atoms with Crippen molar-refractivity contribution in [2.75, 3.05) is 13.7 Å². The van der Waals surface area contributed by atoms with Gasteiger partial charge in [0.05, 0.1) is 18.8 Å². The quantitative estimate of drug-likeness (QED) is 0.854. The minimum atomic E-state index is -0.304. The first kappa shape index (κ1) is 16.3. The lowest BCUT2D eigenvalue weighted by Gasteiger charge is -2.25. The summed E-state index contributed by atoms with van der Waals surface area (Å²) in [5, 5.41) is 3.99. The molecule has 3 rings (SSSR count). The number of aryl methyl sites for hydroxylation is 2. The van der Waals surface area contributed by atoms with E-state index >= 15 is 0 Å². The van der Waals surface area contributed by atoms with E-state index in [4.69, 9.17) is 9.26 Å². The van der Waals surface area contributed by atoms with Crippen molar-refractivity contribution in [1.82, 2.24) is 14.6 Å². The first-order valence-corrected chi connectivity index (χ1v) is 7.98. The number of methoxy groups -OCH3 is 1. The molecule has 2 aromatic rings. The molecule has 0 spiro atoms. The van der Waals surface area contributed by atoms with Gasteiger partial charge in [-0.25, -0.2) is 0 Å². The molecular formula is C17H21N3O4. The number of nitrogens with zero attached hydrogens (tertiary/aromatic N) is 3. The van der Waals surface area contributed by atoms with Gasteiger partial charge < -0.3 is 18.7 Å². The molecule has 0 aliphatic carbocycles. The van der Waals surface area contributed by atoms with E-state index < -0.39 is 0 Å². The Labute approximate surface area is 139 Å². The van der Waals surface area contributed by atoms with Gasteiger partial charge in [0.2, 0.25) is 5.91 Å². The zero-order valence-corrected chi connectivity index (χ0v) is 14.1. The van der Waals surface area contributed by atoms with Gasteiger partial charge in [-0.15, -0.1) is 0 Å². The summed E-state index contributed by atoms with van der Waals surface area (Å²) in [6.45, 7) is 4.42. The SMILES string of the molecule is COc1cccn(CC(=O)N2CCC[C@H]2c2c(C)noc2C)c1=O. The van der Waals surface area contributed by atoms with Crippen LogP contribution in [-0.2, 0) is 11.3 Å². The average molecular weight is 331 g/mol. The highest BCUT2D eigenvalue weighted by Gasteiger charge is 2.33. The summed E-state index contributed by atoms with van der Waals surface area (Å²) in [4.78, 5) is 26.8. The van der Waals surface area contributed by atoms with E-state index in [1.165, 1.54) is 11.7 Å². The standard InChI is InChI=1S/C17H21N3O4/c1-11-16(12(2)24-18-11)13-6-4-9-20(13)15(21)10-19-8-5-7-14(23-3)17(19)22/h5,7-8,13H,4,6,9-10H2,1-3H3/t13-/m0/s1. The van der Waals surface area contributed by atoms with Crippen molar-refractivity contribution < 1.29 is 14.1 Å². The topological polar surface area (TPSA) is 77.6 Å². The van der Waals surface area contributed by atoms with Crippen LogP contribution in [-0.4, -0.2) is 34.2 Å². The van der Waals surface area contributed by atoms with Crippen LogP contribution in [0.5, 0.6) is 5.75 Å². The highest BCUT2D eigenvalue weighted by molar-refractivity contribution is 5.77. The first-order chi connectivity index (χ1) is 11.5. The van der Waals surface area contributed by atoms with Crippen molar-refractivity contribution in [3.8, 4) is 5.75 Å². The fourth-order valence-electron chi connectivity index (χ4n) is 3.36. The number of hydrogen-bond acceptors (Lipinski definition) is 5. The van der Waals surface area contributed by atoms with E-state index in [1.807, 2.05) is 18.7 Å². The van der Waals surface area contributed by atoms with E-state index in [0.29, 0.717) is 6.54 Å². The molecule has 0 bridgehead atoms. The number of likely N-dealkylation sites (tertiary alicyclic amines) is 1. The normalized spacial score (nSPS) is 17.3. The monoisotopic (exact) mass is 331 g/mol. The first-order valence-electron chi connectivity index (χ1n) is 7.98. The summed E-state index contributed by atoms with van der Waals surface area (Å²) in [5.41, 5.74) is 1.50. The van der Waals surface area contributed by atoms with Gasteiger partial charge in [-0.1, -0.05) is 5.16 Å². The van der Waals surface area contributed by atoms with Crippen LogP contribution in [0.3, 0.4) is 0 Å². The van der Waals surface area contributed by atoms with E-state index in [1.54, 1.807) is 18.3 Å². The maximum Gasteiger partial charge on any atom is 0.293 e. The van der Waals surface area contributed by atoms with Gasteiger partial charge in [0.15, 0.2) is 5.75 Å². The summed E-state index contributed by atoms with van der Waals surface area (Å²) < 4.78 is 11.6. The van der Waals surface area contributed by atoms with Gasteiger partial charge in [-0.05, 0) is 38.8 Å². The van der Waals surface area contributed by atoms with E-state index in [0.717, 1.165) is 29.9 Å². The van der Waals surface area contributed by atoms with Crippen molar-refractivity contribution in [3.63, 3.8) is 0 Å². The minimum absolute atomic E-state index is 0.00406. The molecule has 1 atom stereocenters. The number of carbonyl (C=O) groups excluding carboxylic acids is 1. The van der Waals surface area contributed by atoms with Gasteiger partial charge >= 0.3 is 0 Å². The molecule has 0 unspecified atom stereocenters. The molecule has 3 heterocycles. The van der Waals surface area contributed by atoms with Crippen molar-refractivity contribution in [1.29, 1.82) is 0 Å². The van der Waals surface area contributed by atoms with Crippen LogP contribution in [0.15, 0.2) is 27.6 Å². The molecule has 128 valence electrons. The number of pyridine rings is 1. The third-order valence-electron chi connectivity index (χ3n) is 4.51. The lowest BCUT2D eigenvalue weighted by Crippen LogP contribution is -2.36. The highest BCUT2D eigenvalue weighted by Crippen LogP contribution is 2.35. The van der Waals surface area contributed by atoms with Gasteiger partial charge in [0.1, 0.15) is 12.3 Å². The Morgan fingerprint density at radius 2 is 2.25 bits per heavy atom. The third kappa shape index (κ3) is 2.81. The Morgan fingerprint density at radius 1 is 1.46 bits per heavy atom. The zero-order valence-electron chi connectivity index (χ0n) is 14.1. The Balaban J connectivity index is 1.83. The molecule has 1 saturated heterocycles. The van der Waals surface area contributed by atoms with Crippen LogP contribution in [0.1, 0.15) is 35.9 Å². The van der Waals surface area contributed by atoms with Gasteiger partial charge in [0.25, 0.3) is 5.56 Å². The Morgan fingerprint density at radius 3 is 2.92 bits per heavy atom. The second-order valence-corrected chi connectivity index (χ2v) is 5.99. The van der Waals surface area contributed by atoms with Crippen LogP contribution in [0.2, 0.25) is 0 Å². The fourth-order valence-corrected chi connectivity index (χ4v) is 3.36. The fraction of sp³-hybridized carbons (Fsp3) is 0.471. The largest absolute Gasteiger partial charge is 0.491 e. The molecule has 0 radical (unpaired) electrons. The van der Waals surface area contributed by atoms with Gasteiger partial charge in [-0.3, -0.25) is 9.59 Å². The number of ether oxygens (including phenoxy) is 1. The second kappa shape index (κ2) is 6.51. The Bertz CT molecular complexity index is 789. The Hall–Kier alpha value is -2.57. The van der Waals surface area contributed by atoms with Crippen molar-refractivity contribution in [2.45, 2.75) is 39.3 Å². The number of aromatic nitrogens is 2. The lowest BCUT2D eigenvalue weighted by atomic mass is 10.0. The van der Waals surface area contributed by atoms with E-state index in [-0.39, 0.29) is 29.8 Å². The maximum atomic E-state index is 12.8. The number of carbonyl (C=O) groups is 1. The maximum absolute atomic E-state index is 12.8. The summed E-state index contributed by atoms with van der Waals surface area (Å²) in [5.74, 6) is 0.887. The molecule has 1 amide bonds. The molecule has 0 aromatic carbocycles. The van der Waals surface area contributed by atoms with E-state index in [2.05, 4.69) is 5.16 Å². The third-order valence-corrected chi connectivity index (χ3v) is 4.51. The van der Waals surface area contributed by atoms with Crippen LogP contribution >= 0.6 is 0 Å². The van der Waals surface area contributed by atoms with Crippen LogP contribution in [0.4, 0.5) is 0 Å². The van der Waals surface area contributed by atoms with Crippen LogP contribution < -0.4 is 10.3 Å². The predicted octanol–water partition coefficient (Wildman–Crippen LogP) is 1.83. The Kier molecular flexibility index (Phi) is 4.42. The zero-order chi connectivity index (χ0) is 17.3. The summed E-state index contributed by atoms with van der Waals surface area (Å²) in [6.07, 6.45) is 3.40. The lowest BCUT2D eigenvalue weighted by molar-refractivity contribution is -0.132. The second-order valence-electron chi connectivity index (χ2n) is 5.99. The minimum Gasteiger partial charge on any atom is -0.491 e. The van der Waals surface area contributed by atoms with Crippen LogP contribution in [0, 0.1) is 13.8 Å².